The highest BCUT2D eigenvalue weighted by Gasteiger charge is 2.11. The number of nitrogens with zero attached hydrogens (tertiary/aromatic N) is 3. The lowest BCUT2D eigenvalue weighted by atomic mass is 10.2. The molecule has 0 amide bonds. The fourth-order valence-corrected chi connectivity index (χ4v) is 2.59. The molecule has 0 saturated carbocycles. The normalized spacial score (nSPS) is 11.5. The molecule has 0 fully saturated rings. The number of anilines is 1. The van der Waals surface area contributed by atoms with Crippen LogP contribution in [0.1, 0.15) is 32.2 Å². The van der Waals surface area contributed by atoms with Gasteiger partial charge in [-0.25, -0.2) is 0 Å². The number of rotatable bonds is 10. The van der Waals surface area contributed by atoms with Gasteiger partial charge < -0.3 is 10.1 Å². The summed E-state index contributed by atoms with van der Waals surface area (Å²) in [6.07, 6.45) is 1.10. The molecule has 1 heterocycles. The van der Waals surface area contributed by atoms with Crippen molar-refractivity contribution in [2.45, 2.75) is 33.7 Å². The highest BCUT2D eigenvalue weighted by molar-refractivity contribution is 7.15. The summed E-state index contributed by atoms with van der Waals surface area (Å²) in [6.45, 7) is 11.2. The topological polar surface area (TPSA) is 50.3 Å². The molecule has 1 aromatic heterocycles. The summed E-state index contributed by atoms with van der Waals surface area (Å²) >= 11 is 1.65. The van der Waals surface area contributed by atoms with E-state index < -0.39 is 0 Å². The lowest BCUT2D eigenvalue weighted by molar-refractivity contribution is 0.136. The average Bonchev–Trinajstić information content (AvgIpc) is 2.80. The maximum Gasteiger partial charge on any atom is 0.205 e. The Labute approximate surface area is 120 Å². The van der Waals surface area contributed by atoms with E-state index in [0.29, 0.717) is 5.92 Å². The molecule has 0 bridgehead atoms. The van der Waals surface area contributed by atoms with E-state index >= 15 is 0 Å². The molecule has 1 rings (SSSR count). The van der Waals surface area contributed by atoms with Crippen LogP contribution >= 0.6 is 11.3 Å². The van der Waals surface area contributed by atoms with Crippen LogP contribution in [0.2, 0.25) is 0 Å². The van der Waals surface area contributed by atoms with Gasteiger partial charge in [-0.1, -0.05) is 32.1 Å². The summed E-state index contributed by atoms with van der Waals surface area (Å²) in [5.41, 5.74) is 0. The van der Waals surface area contributed by atoms with Gasteiger partial charge in [-0.2, -0.15) is 0 Å². The SMILES string of the molecule is CCCNc1nnc(CN(CCOC)CC(C)C)s1. The first-order valence-corrected chi connectivity index (χ1v) is 7.74. The van der Waals surface area contributed by atoms with E-state index in [9.17, 15) is 0 Å². The maximum absolute atomic E-state index is 5.16. The fourth-order valence-electron chi connectivity index (χ4n) is 1.78. The smallest absolute Gasteiger partial charge is 0.205 e. The number of methoxy groups -OCH3 is 1. The van der Waals surface area contributed by atoms with Gasteiger partial charge in [-0.05, 0) is 12.3 Å². The summed E-state index contributed by atoms with van der Waals surface area (Å²) in [5.74, 6) is 0.641. The van der Waals surface area contributed by atoms with Crippen LogP contribution in [0.4, 0.5) is 5.13 Å². The molecule has 1 aromatic rings. The second kappa shape index (κ2) is 9.23. The summed E-state index contributed by atoms with van der Waals surface area (Å²) in [7, 11) is 1.74. The molecular weight excluding hydrogens is 260 g/mol. The highest BCUT2D eigenvalue weighted by Crippen LogP contribution is 2.17. The Morgan fingerprint density at radius 1 is 1.37 bits per heavy atom. The minimum Gasteiger partial charge on any atom is -0.383 e. The molecule has 0 aliphatic heterocycles. The van der Waals surface area contributed by atoms with E-state index in [1.54, 1.807) is 18.4 Å². The summed E-state index contributed by atoms with van der Waals surface area (Å²) in [6, 6.07) is 0. The third-order valence-corrected chi connectivity index (χ3v) is 3.45. The lowest BCUT2D eigenvalue weighted by Gasteiger charge is -2.22. The van der Waals surface area contributed by atoms with Crippen LogP contribution in [-0.2, 0) is 11.3 Å². The fraction of sp³-hybridized carbons (Fsp3) is 0.846. The van der Waals surface area contributed by atoms with E-state index in [1.807, 2.05) is 0 Å². The second-order valence-electron chi connectivity index (χ2n) is 5.05. The number of aromatic nitrogens is 2. The zero-order valence-corrected chi connectivity index (χ0v) is 13.3. The standard InChI is InChI=1S/C13H26N4OS/c1-5-6-14-13-16-15-12(19-13)10-17(7-8-18-4)9-11(2)3/h11H,5-10H2,1-4H3,(H,14,16). The molecule has 0 aliphatic carbocycles. The Hall–Kier alpha value is -0.720. The van der Waals surface area contributed by atoms with Crippen LogP contribution in [0.15, 0.2) is 0 Å². The van der Waals surface area contributed by atoms with Crippen molar-refractivity contribution in [2.24, 2.45) is 5.92 Å². The predicted molar refractivity (Wildman–Crippen MR) is 80.7 cm³/mol. The van der Waals surface area contributed by atoms with Crippen molar-refractivity contribution in [2.75, 3.05) is 38.7 Å². The van der Waals surface area contributed by atoms with Crippen molar-refractivity contribution in [3.05, 3.63) is 5.01 Å². The van der Waals surface area contributed by atoms with Gasteiger partial charge in [0.1, 0.15) is 5.01 Å². The third-order valence-electron chi connectivity index (χ3n) is 2.59. The third kappa shape index (κ3) is 6.84. The first kappa shape index (κ1) is 16.3. The molecule has 1 N–H and O–H groups in total. The largest absolute Gasteiger partial charge is 0.383 e. The molecule has 0 atom stereocenters. The van der Waals surface area contributed by atoms with Crippen LogP contribution in [0.25, 0.3) is 0 Å². The first-order chi connectivity index (χ1) is 9.15. The van der Waals surface area contributed by atoms with Crippen molar-refractivity contribution in [1.29, 1.82) is 0 Å². The van der Waals surface area contributed by atoms with Crippen LogP contribution in [0.3, 0.4) is 0 Å². The molecule has 5 nitrogen and oxygen atoms in total. The van der Waals surface area contributed by atoms with Crippen LogP contribution < -0.4 is 5.32 Å². The minimum atomic E-state index is 0.641. The summed E-state index contributed by atoms with van der Waals surface area (Å²) in [5, 5.41) is 13.7. The van der Waals surface area contributed by atoms with E-state index in [1.165, 1.54) is 0 Å². The van der Waals surface area contributed by atoms with E-state index in [2.05, 4.69) is 41.2 Å². The van der Waals surface area contributed by atoms with Crippen molar-refractivity contribution in [3.8, 4) is 0 Å². The number of nitrogens with one attached hydrogen (secondary N) is 1. The van der Waals surface area contributed by atoms with Gasteiger partial charge >= 0.3 is 0 Å². The van der Waals surface area contributed by atoms with E-state index in [4.69, 9.17) is 4.74 Å². The highest BCUT2D eigenvalue weighted by atomic mass is 32.1. The minimum absolute atomic E-state index is 0.641. The molecular formula is C13H26N4OS. The lowest BCUT2D eigenvalue weighted by Crippen LogP contribution is -2.30. The molecule has 110 valence electrons. The van der Waals surface area contributed by atoms with Gasteiger partial charge in [0.25, 0.3) is 0 Å². The van der Waals surface area contributed by atoms with Crippen molar-refractivity contribution < 1.29 is 4.74 Å². The average molecular weight is 286 g/mol. The molecule has 0 radical (unpaired) electrons. The molecule has 0 aliphatic rings. The van der Waals surface area contributed by atoms with Crippen LogP contribution in [-0.4, -0.2) is 48.4 Å². The number of hydrogen-bond donors (Lipinski definition) is 1. The Bertz CT molecular complexity index is 343. The Balaban J connectivity index is 2.49. The molecule has 0 saturated heterocycles. The molecule has 19 heavy (non-hydrogen) atoms. The predicted octanol–water partition coefficient (Wildman–Crippen LogP) is 2.46. The van der Waals surface area contributed by atoms with Gasteiger partial charge in [0.2, 0.25) is 5.13 Å². The van der Waals surface area contributed by atoms with Gasteiger partial charge in [0.15, 0.2) is 0 Å². The Morgan fingerprint density at radius 2 is 2.16 bits per heavy atom. The van der Waals surface area contributed by atoms with Gasteiger partial charge in [-0.3, -0.25) is 4.90 Å². The van der Waals surface area contributed by atoms with Crippen LogP contribution in [0, 0.1) is 5.92 Å². The zero-order valence-electron chi connectivity index (χ0n) is 12.5. The van der Waals surface area contributed by atoms with Gasteiger partial charge in [0.05, 0.1) is 13.2 Å². The Kier molecular flexibility index (Phi) is 7.93. The molecule has 0 aromatic carbocycles. The summed E-state index contributed by atoms with van der Waals surface area (Å²) < 4.78 is 5.16. The Morgan fingerprint density at radius 3 is 2.79 bits per heavy atom. The van der Waals surface area contributed by atoms with Crippen molar-refractivity contribution in [1.82, 2.24) is 15.1 Å². The van der Waals surface area contributed by atoms with Gasteiger partial charge in [-0.15, -0.1) is 10.2 Å². The van der Waals surface area contributed by atoms with Gasteiger partial charge in [0, 0.05) is 26.7 Å². The molecule has 6 heteroatoms. The van der Waals surface area contributed by atoms with Crippen molar-refractivity contribution in [3.63, 3.8) is 0 Å². The maximum atomic E-state index is 5.16. The number of ether oxygens (including phenoxy) is 1. The monoisotopic (exact) mass is 286 g/mol. The first-order valence-electron chi connectivity index (χ1n) is 6.93. The van der Waals surface area contributed by atoms with E-state index in [-0.39, 0.29) is 0 Å². The zero-order chi connectivity index (χ0) is 14.1. The second-order valence-corrected chi connectivity index (χ2v) is 6.11. The summed E-state index contributed by atoms with van der Waals surface area (Å²) in [4.78, 5) is 2.37. The van der Waals surface area contributed by atoms with Crippen molar-refractivity contribution >= 4 is 16.5 Å². The van der Waals surface area contributed by atoms with E-state index in [0.717, 1.165) is 49.3 Å². The quantitative estimate of drug-likeness (QED) is 0.716. The molecule has 0 unspecified atom stereocenters. The molecule has 0 spiro atoms. The number of hydrogen-bond acceptors (Lipinski definition) is 6. The van der Waals surface area contributed by atoms with Crippen LogP contribution in [0.5, 0.6) is 0 Å².